The molecule has 1 aromatic carbocycles. The summed E-state index contributed by atoms with van der Waals surface area (Å²) in [4.78, 5) is 20.8. The van der Waals surface area contributed by atoms with E-state index in [1.54, 1.807) is 6.29 Å². The van der Waals surface area contributed by atoms with E-state index in [0.29, 0.717) is 12.8 Å². The fraction of sp³-hybridized carbons (Fsp3) is 0.273. The monoisotopic (exact) mass is 175 g/mol. The van der Waals surface area contributed by atoms with Gasteiger partial charge >= 0.3 is 0 Å². The highest BCUT2D eigenvalue weighted by atomic mass is 16.1. The van der Waals surface area contributed by atoms with Crippen molar-refractivity contribution in [2.75, 3.05) is 0 Å². The van der Waals surface area contributed by atoms with Crippen molar-refractivity contribution in [3.8, 4) is 0 Å². The molecular formula is C11H11O2. The molecule has 0 unspecified atom stereocenters. The van der Waals surface area contributed by atoms with Gasteiger partial charge in [0.15, 0.2) is 0 Å². The van der Waals surface area contributed by atoms with Gasteiger partial charge in [-0.3, -0.25) is 9.59 Å². The van der Waals surface area contributed by atoms with Crippen LogP contribution in [-0.2, 0) is 16.0 Å². The molecule has 0 N–H and O–H groups in total. The fourth-order valence-corrected chi connectivity index (χ4v) is 1.10. The summed E-state index contributed by atoms with van der Waals surface area (Å²) in [6.07, 6.45) is 2.67. The summed E-state index contributed by atoms with van der Waals surface area (Å²) in [5.74, 6) is -0.0427. The maximum absolute atomic E-state index is 11.0. The van der Waals surface area contributed by atoms with Gasteiger partial charge in [0.25, 0.3) is 0 Å². The Hall–Kier alpha value is -1.44. The van der Waals surface area contributed by atoms with E-state index in [4.69, 9.17) is 0 Å². The van der Waals surface area contributed by atoms with Crippen LogP contribution in [0.5, 0.6) is 0 Å². The first-order valence-electron chi connectivity index (χ1n) is 4.23. The molecule has 0 aliphatic carbocycles. The second kappa shape index (κ2) is 5.25. The Balaban J connectivity index is 2.35. The van der Waals surface area contributed by atoms with E-state index >= 15 is 0 Å². The van der Waals surface area contributed by atoms with Crippen LogP contribution in [0.2, 0.25) is 0 Å². The van der Waals surface area contributed by atoms with Crippen LogP contribution >= 0.6 is 0 Å². The number of carbonyl (C=O) groups is 1. The Labute approximate surface area is 77.6 Å². The number of Topliss-reactive ketones (excluding diaryl/α,β-unsaturated/α-hetero) is 1. The zero-order valence-electron chi connectivity index (χ0n) is 7.32. The number of hydrogen-bond donors (Lipinski definition) is 0. The number of benzene rings is 1. The van der Waals surface area contributed by atoms with Crippen LogP contribution in [0, 0.1) is 0 Å². The Morgan fingerprint density at radius 3 is 2.54 bits per heavy atom. The molecule has 13 heavy (non-hydrogen) atoms. The number of rotatable bonds is 5. The van der Waals surface area contributed by atoms with Crippen LogP contribution in [0.1, 0.15) is 18.4 Å². The molecule has 0 amide bonds. The minimum Gasteiger partial charge on any atom is -0.299 e. The highest BCUT2D eigenvalue weighted by molar-refractivity contribution is 5.89. The molecule has 0 aliphatic rings. The SMILES string of the molecule is O=[C]CC(=O)CCc1ccccc1. The Morgan fingerprint density at radius 2 is 1.92 bits per heavy atom. The van der Waals surface area contributed by atoms with E-state index in [0.717, 1.165) is 5.56 Å². The van der Waals surface area contributed by atoms with Gasteiger partial charge in [-0.05, 0) is 12.0 Å². The first kappa shape index (κ1) is 9.65. The van der Waals surface area contributed by atoms with Crippen molar-refractivity contribution in [3.05, 3.63) is 35.9 Å². The smallest absolute Gasteiger partial charge is 0.206 e. The maximum atomic E-state index is 11.0. The van der Waals surface area contributed by atoms with Gasteiger partial charge in [0.05, 0.1) is 6.42 Å². The van der Waals surface area contributed by atoms with Crippen molar-refractivity contribution in [3.63, 3.8) is 0 Å². The summed E-state index contributed by atoms with van der Waals surface area (Å²) in [5.41, 5.74) is 1.13. The molecule has 0 fully saturated rings. The van der Waals surface area contributed by atoms with Gasteiger partial charge in [0.2, 0.25) is 6.29 Å². The predicted molar refractivity (Wildman–Crippen MR) is 50.1 cm³/mol. The third-order valence-electron chi connectivity index (χ3n) is 1.80. The Kier molecular flexibility index (Phi) is 3.89. The number of ketones is 1. The fourth-order valence-electron chi connectivity index (χ4n) is 1.10. The van der Waals surface area contributed by atoms with Gasteiger partial charge in [0.1, 0.15) is 5.78 Å². The minimum atomic E-state index is -0.0766. The number of carbonyl (C=O) groups excluding carboxylic acids is 2. The quantitative estimate of drug-likeness (QED) is 0.638. The Morgan fingerprint density at radius 1 is 1.23 bits per heavy atom. The highest BCUT2D eigenvalue weighted by Gasteiger charge is 2.01. The first-order chi connectivity index (χ1) is 6.33. The molecule has 0 heterocycles. The van der Waals surface area contributed by atoms with Crippen LogP contribution in [0.3, 0.4) is 0 Å². The number of hydrogen-bond acceptors (Lipinski definition) is 2. The third-order valence-corrected chi connectivity index (χ3v) is 1.80. The third kappa shape index (κ3) is 3.65. The molecule has 1 rings (SSSR count). The zero-order chi connectivity index (χ0) is 9.52. The topological polar surface area (TPSA) is 34.1 Å². The second-order valence-electron chi connectivity index (χ2n) is 2.85. The van der Waals surface area contributed by atoms with Crippen molar-refractivity contribution < 1.29 is 9.59 Å². The lowest BCUT2D eigenvalue weighted by Crippen LogP contribution is -2.00. The van der Waals surface area contributed by atoms with Crippen molar-refractivity contribution in [2.24, 2.45) is 0 Å². The molecule has 0 bridgehead atoms. The van der Waals surface area contributed by atoms with Gasteiger partial charge in [-0.15, -0.1) is 0 Å². The lowest BCUT2D eigenvalue weighted by molar-refractivity contribution is -0.117. The van der Waals surface area contributed by atoms with Gasteiger partial charge in [-0.1, -0.05) is 30.3 Å². The predicted octanol–water partition coefficient (Wildman–Crippen LogP) is 1.69. The molecule has 0 aliphatic heterocycles. The van der Waals surface area contributed by atoms with Crippen LogP contribution < -0.4 is 0 Å². The summed E-state index contributed by atoms with van der Waals surface area (Å²) in [6, 6.07) is 9.75. The van der Waals surface area contributed by atoms with Crippen LogP contribution in [0.25, 0.3) is 0 Å². The van der Waals surface area contributed by atoms with Crippen LogP contribution in [0.4, 0.5) is 0 Å². The molecule has 1 aromatic rings. The van der Waals surface area contributed by atoms with Crippen molar-refractivity contribution >= 4 is 12.1 Å². The van der Waals surface area contributed by atoms with Crippen LogP contribution in [-0.4, -0.2) is 12.1 Å². The Bertz CT molecular complexity index is 277. The molecular weight excluding hydrogens is 164 g/mol. The van der Waals surface area contributed by atoms with E-state index in [9.17, 15) is 9.59 Å². The van der Waals surface area contributed by atoms with Crippen molar-refractivity contribution in [1.29, 1.82) is 0 Å². The summed E-state index contributed by atoms with van der Waals surface area (Å²) in [7, 11) is 0. The molecule has 0 aromatic heterocycles. The maximum Gasteiger partial charge on any atom is 0.206 e. The average molecular weight is 175 g/mol. The molecule has 0 spiro atoms. The largest absolute Gasteiger partial charge is 0.299 e. The summed E-state index contributed by atoms with van der Waals surface area (Å²) in [6.45, 7) is 0. The molecule has 0 saturated carbocycles. The summed E-state index contributed by atoms with van der Waals surface area (Å²) in [5, 5.41) is 0. The van der Waals surface area contributed by atoms with Gasteiger partial charge < -0.3 is 0 Å². The molecule has 0 atom stereocenters. The van der Waals surface area contributed by atoms with E-state index in [1.807, 2.05) is 30.3 Å². The molecule has 2 heteroatoms. The summed E-state index contributed by atoms with van der Waals surface area (Å²) < 4.78 is 0. The number of aryl methyl sites for hydroxylation is 1. The van der Waals surface area contributed by atoms with Crippen molar-refractivity contribution in [2.45, 2.75) is 19.3 Å². The lowest BCUT2D eigenvalue weighted by Gasteiger charge is -1.97. The summed E-state index contributed by atoms with van der Waals surface area (Å²) >= 11 is 0. The molecule has 2 nitrogen and oxygen atoms in total. The van der Waals surface area contributed by atoms with E-state index in [-0.39, 0.29) is 12.2 Å². The first-order valence-corrected chi connectivity index (χ1v) is 4.23. The second-order valence-corrected chi connectivity index (χ2v) is 2.85. The minimum absolute atomic E-state index is 0.0427. The van der Waals surface area contributed by atoms with Gasteiger partial charge in [-0.25, -0.2) is 0 Å². The van der Waals surface area contributed by atoms with Gasteiger partial charge in [-0.2, -0.15) is 0 Å². The lowest BCUT2D eigenvalue weighted by atomic mass is 10.1. The average Bonchev–Trinajstić information content (AvgIpc) is 2.17. The van der Waals surface area contributed by atoms with Crippen LogP contribution in [0.15, 0.2) is 30.3 Å². The molecule has 67 valence electrons. The standard InChI is InChI=1S/C11H11O2/c12-9-8-11(13)7-6-10-4-2-1-3-5-10/h1-5H,6-8H2. The van der Waals surface area contributed by atoms with E-state index in [2.05, 4.69) is 0 Å². The zero-order valence-corrected chi connectivity index (χ0v) is 7.32. The van der Waals surface area contributed by atoms with Gasteiger partial charge in [0, 0.05) is 6.42 Å². The normalized spacial score (nSPS) is 9.54. The molecule has 0 saturated heterocycles. The highest BCUT2D eigenvalue weighted by Crippen LogP contribution is 2.03. The van der Waals surface area contributed by atoms with Crippen molar-refractivity contribution in [1.82, 2.24) is 0 Å². The van der Waals surface area contributed by atoms with E-state index < -0.39 is 0 Å². The van der Waals surface area contributed by atoms with E-state index in [1.165, 1.54) is 0 Å². The molecule has 1 radical (unpaired) electrons.